The SMILES string of the molecule is O=C(NCCCC1CCOCC1)C1CCCCC1. The van der Waals surface area contributed by atoms with Crippen molar-refractivity contribution >= 4 is 5.91 Å². The monoisotopic (exact) mass is 253 g/mol. The first kappa shape index (κ1) is 13.9. The zero-order chi connectivity index (χ0) is 12.6. The number of amides is 1. The summed E-state index contributed by atoms with van der Waals surface area (Å²) in [5.74, 6) is 1.44. The highest BCUT2D eigenvalue weighted by Gasteiger charge is 2.20. The predicted octanol–water partition coefficient (Wildman–Crippen LogP) is 2.89. The molecule has 1 saturated heterocycles. The summed E-state index contributed by atoms with van der Waals surface area (Å²) in [5.41, 5.74) is 0. The summed E-state index contributed by atoms with van der Waals surface area (Å²) in [6.45, 7) is 2.73. The first-order valence-electron chi connectivity index (χ1n) is 7.71. The van der Waals surface area contributed by atoms with Gasteiger partial charge in [-0.05, 0) is 44.4 Å². The van der Waals surface area contributed by atoms with Crippen molar-refractivity contribution in [1.29, 1.82) is 0 Å². The summed E-state index contributed by atoms with van der Waals surface area (Å²) in [6, 6.07) is 0. The topological polar surface area (TPSA) is 38.3 Å². The number of rotatable bonds is 5. The second-order valence-electron chi connectivity index (χ2n) is 5.82. The number of ether oxygens (including phenoxy) is 1. The molecule has 18 heavy (non-hydrogen) atoms. The molecule has 2 rings (SSSR count). The molecule has 1 saturated carbocycles. The van der Waals surface area contributed by atoms with Gasteiger partial charge < -0.3 is 10.1 Å². The lowest BCUT2D eigenvalue weighted by molar-refractivity contribution is -0.125. The molecule has 0 radical (unpaired) electrons. The molecule has 0 spiro atoms. The Morgan fingerprint density at radius 2 is 1.78 bits per heavy atom. The van der Waals surface area contributed by atoms with E-state index in [0.29, 0.717) is 11.8 Å². The average Bonchev–Trinajstić information content (AvgIpc) is 2.45. The average molecular weight is 253 g/mol. The van der Waals surface area contributed by atoms with Gasteiger partial charge >= 0.3 is 0 Å². The number of hydrogen-bond acceptors (Lipinski definition) is 2. The molecule has 0 bridgehead atoms. The fourth-order valence-corrected chi connectivity index (χ4v) is 3.15. The minimum absolute atomic E-state index is 0.307. The van der Waals surface area contributed by atoms with Crippen molar-refractivity contribution in [2.24, 2.45) is 11.8 Å². The molecule has 1 amide bonds. The van der Waals surface area contributed by atoms with Crippen LogP contribution in [-0.4, -0.2) is 25.7 Å². The molecule has 2 fully saturated rings. The number of carbonyl (C=O) groups is 1. The Hall–Kier alpha value is -0.570. The van der Waals surface area contributed by atoms with E-state index in [1.165, 1.54) is 38.5 Å². The third kappa shape index (κ3) is 4.60. The van der Waals surface area contributed by atoms with E-state index in [9.17, 15) is 4.79 Å². The van der Waals surface area contributed by atoms with Crippen LogP contribution in [0, 0.1) is 11.8 Å². The lowest BCUT2D eigenvalue weighted by Crippen LogP contribution is -2.32. The van der Waals surface area contributed by atoms with Gasteiger partial charge in [-0.25, -0.2) is 0 Å². The lowest BCUT2D eigenvalue weighted by Gasteiger charge is -2.23. The van der Waals surface area contributed by atoms with Crippen LogP contribution in [0.4, 0.5) is 0 Å². The highest BCUT2D eigenvalue weighted by atomic mass is 16.5. The first-order valence-corrected chi connectivity index (χ1v) is 7.71. The van der Waals surface area contributed by atoms with E-state index in [1.54, 1.807) is 0 Å². The molecule has 104 valence electrons. The standard InChI is InChI=1S/C15H27NO2/c17-15(14-6-2-1-3-7-14)16-10-4-5-13-8-11-18-12-9-13/h13-14H,1-12H2,(H,16,17). The van der Waals surface area contributed by atoms with E-state index < -0.39 is 0 Å². The Kier molecular flexibility index (Phi) is 5.98. The highest BCUT2D eigenvalue weighted by molar-refractivity contribution is 5.78. The molecule has 3 nitrogen and oxygen atoms in total. The summed E-state index contributed by atoms with van der Waals surface area (Å²) in [7, 11) is 0. The van der Waals surface area contributed by atoms with Crippen molar-refractivity contribution < 1.29 is 9.53 Å². The molecule has 1 aliphatic heterocycles. The van der Waals surface area contributed by atoms with Crippen LogP contribution >= 0.6 is 0 Å². The van der Waals surface area contributed by atoms with Crippen molar-refractivity contribution in [3.8, 4) is 0 Å². The van der Waals surface area contributed by atoms with Crippen LogP contribution in [0.5, 0.6) is 0 Å². The minimum Gasteiger partial charge on any atom is -0.381 e. The summed E-state index contributed by atoms with van der Waals surface area (Å²) in [4.78, 5) is 11.9. The zero-order valence-corrected chi connectivity index (χ0v) is 11.5. The molecular formula is C15H27NO2. The van der Waals surface area contributed by atoms with Gasteiger partial charge in [0.1, 0.15) is 0 Å². The number of carbonyl (C=O) groups excluding carboxylic acids is 1. The zero-order valence-electron chi connectivity index (χ0n) is 11.5. The smallest absolute Gasteiger partial charge is 0.223 e. The third-order valence-corrected chi connectivity index (χ3v) is 4.41. The van der Waals surface area contributed by atoms with E-state index in [0.717, 1.165) is 44.9 Å². The molecule has 0 aromatic rings. The van der Waals surface area contributed by atoms with Gasteiger partial charge in [0.2, 0.25) is 5.91 Å². The van der Waals surface area contributed by atoms with Crippen molar-refractivity contribution in [2.45, 2.75) is 57.8 Å². The maximum atomic E-state index is 11.9. The van der Waals surface area contributed by atoms with Crippen LogP contribution in [0.1, 0.15) is 57.8 Å². The molecule has 0 atom stereocenters. The molecule has 2 aliphatic rings. The van der Waals surface area contributed by atoms with E-state index in [1.807, 2.05) is 0 Å². The van der Waals surface area contributed by atoms with Crippen LogP contribution in [0.25, 0.3) is 0 Å². The van der Waals surface area contributed by atoms with Gasteiger partial charge in [-0.1, -0.05) is 19.3 Å². The van der Waals surface area contributed by atoms with Gasteiger partial charge in [-0.3, -0.25) is 4.79 Å². The van der Waals surface area contributed by atoms with Crippen LogP contribution in [-0.2, 0) is 9.53 Å². The van der Waals surface area contributed by atoms with E-state index in [2.05, 4.69) is 5.32 Å². The number of nitrogens with one attached hydrogen (secondary N) is 1. The fourth-order valence-electron chi connectivity index (χ4n) is 3.15. The van der Waals surface area contributed by atoms with Gasteiger partial charge in [0.05, 0.1) is 0 Å². The molecular weight excluding hydrogens is 226 g/mol. The Bertz CT molecular complexity index is 243. The lowest BCUT2D eigenvalue weighted by atomic mass is 9.88. The summed E-state index contributed by atoms with van der Waals surface area (Å²) in [6.07, 6.45) is 10.8. The first-order chi connectivity index (χ1) is 8.86. The second kappa shape index (κ2) is 7.78. The maximum Gasteiger partial charge on any atom is 0.223 e. The summed E-state index contributed by atoms with van der Waals surface area (Å²) in [5, 5.41) is 3.12. The molecule has 0 aromatic carbocycles. The van der Waals surface area contributed by atoms with Crippen molar-refractivity contribution in [3.63, 3.8) is 0 Å². The van der Waals surface area contributed by atoms with E-state index in [4.69, 9.17) is 4.74 Å². The second-order valence-corrected chi connectivity index (χ2v) is 5.82. The van der Waals surface area contributed by atoms with Gasteiger partial charge in [0.25, 0.3) is 0 Å². The third-order valence-electron chi connectivity index (χ3n) is 4.41. The highest BCUT2D eigenvalue weighted by Crippen LogP contribution is 2.23. The summed E-state index contributed by atoms with van der Waals surface area (Å²) >= 11 is 0. The molecule has 1 aliphatic carbocycles. The van der Waals surface area contributed by atoms with Gasteiger partial charge in [0.15, 0.2) is 0 Å². The van der Waals surface area contributed by atoms with Crippen LogP contribution < -0.4 is 5.32 Å². The van der Waals surface area contributed by atoms with Gasteiger partial charge in [-0.2, -0.15) is 0 Å². The molecule has 0 unspecified atom stereocenters. The van der Waals surface area contributed by atoms with E-state index >= 15 is 0 Å². The van der Waals surface area contributed by atoms with Crippen LogP contribution in [0.15, 0.2) is 0 Å². The van der Waals surface area contributed by atoms with Crippen LogP contribution in [0.2, 0.25) is 0 Å². The Morgan fingerprint density at radius 1 is 1.06 bits per heavy atom. The van der Waals surface area contributed by atoms with E-state index in [-0.39, 0.29) is 0 Å². The van der Waals surface area contributed by atoms with Crippen molar-refractivity contribution in [1.82, 2.24) is 5.32 Å². The van der Waals surface area contributed by atoms with Crippen molar-refractivity contribution in [3.05, 3.63) is 0 Å². The predicted molar refractivity (Wildman–Crippen MR) is 72.4 cm³/mol. The normalized spacial score (nSPS) is 22.9. The van der Waals surface area contributed by atoms with Gasteiger partial charge in [0, 0.05) is 25.7 Å². The largest absolute Gasteiger partial charge is 0.381 e. The van der Waals surface area contributed by atoms with Crippen molar-refractivity contribution in [2.75, 3.05) is 19.8 Å². The Balaban J connectivity index is 1.52. The maximum absolute atomic E-state index is 11.9. The van der Waals surface area contributed by atoms with Crippen LogP contribution in [0.3, 0.4) is 0 Å². The quantitative estimate of drug-likeness (QED) is 0.765. The minimum atomic E-state index is 0.307. The fraction of sp³-hybridized carbons (Fsp3) is 0.933. The summed E-state index contributed by atoms with van der Waals surface area (Å²) < 4.78 is 5.35. The number of hydrogen-bond donors (Lipinski definition) is 1. The molecule has 1 N–H and O–H groups in total. The Labute approximate surface area is 111 Å². The van der Waals surface area contributed by atoms with Gasteiger partial charge in [-0.15, -0.1) is 0 Å². The molecule has 3 heteroatoms. The molecule has 1 heterocycles. The Morgan fingerprint density at radius 3 is 2.50 bits per heavy atom. The molecule has 0 aromatic heterocycles.